The second-order valence-electron chi connectivity index (χ2n) is 6.20. The Labute approximate surface area is 126 Å². The van der Waals surface area contributed by atoms with Crippen LogP contribution < -0.4 is 0 Å². The second kappa shape index (κ2) is 6.54. The van der Waals surface area contributed by atoms with Crippen LogP contribution >= 0.6 is 0 Å². The first-order valence-electron chi connectivity index (χ1n) is 7.99. The summed E-state index contributed by atoms with van der Waals surface area (Å²) in [5, 5.41) is 10.9. The zero-order valence-electron chi connectivity index (χ0n) is 12.7. The van der Waals surface area contributed by atoms with Crippen LogP contribution in [0.2, 0.25) is 0 Å². The van der Waals surface area contributed by atoms with E-state index in [0.29, 0.717) is 6.04 Å². The minimum atomic E-state index is -0.221. The van der Waals surface area contributed by atoms with Gasteiger partial charge in [-0.1, -0.05) is 30.7 Å². The van der Waals surface area contributed by atoms with Gasteiger partial charge in [-0.05, 0) is 44.4 Å². The van der Waals surface area contributed by atoms with Crippen molar-refractivity contribution in [3.63, 3.8) is 0 Å². The molecule has 1 aromatic carbocycles. The number of rotatable bonds is 4. The minimum Gasteiger partial charge on any atom is -0.393 e. The van der Waals surface area contributed by atoms with E-state index in [2.05, 4.69) is 34.1 Å². The molecule has 1 aromatic heterocycles. The molecule has 3 nitrogen and oxygen atoms in total. The van der Waals surface area contributed by atoms with Crippen LogP contribution in [0, 0.1) is 0 Å². The summed E-state index contributed by atoms with van der Waals surface area (Å²) in [6, 6.07) is 11.0. The van der Waals surface area contributed by atoms with E-state index in [0.717, 1.165) is 25.0 Å². The van der Waals surface area contributed by atoms with Gasteiger partial charge in [0, 0.05) is 24.2 Å². The third-order valence-electron chi connectivity index (χ3n) is 4.45. The molecule has 1 N–H and O–H groups in total. The average Bonchev–Trinajstić information content (AvgIpc) is 2.49. The van der Waals surface area contributed by atoms with Gasteiger partial charge in [-0.2, -0.15) is 0 Å². The van der Waals surface area contributed by atoms with Crippen molar-refractivity contribution in [2.45, 2.75) is 51.3 Å². The van der Waals surface area contributed by atoms with Crippen molar-refractivity contribution in [1.82, 2.24) is 9.88 Å². The molecule has 2 unspecified atom stereocenters. The fraction of sp³-hybridized carbons (Fsp3) is 0.500. The molecule has 112 valence electrons. The number of pyridine rings is 1. The number of piperidine rings is 1. The van der Waals surface area contributed by atoms with Gasteiger partial charge in [0.1, 0.15) is 0 Å². The fourth-order valence-corrected chi connectivity index (χ4v) is 3.44. The number of hydrogen-bond donors (Lipinski definition) is 1. The third-order valence-corrected chi connectivity index (χ3v) is 4.45. The SMILES string of the molecule is CC(O)CC1CCCCN1Cc1cccc2cccnc12. The lowest BCUT2D eigenvalue weighted by molar-refractivity contribution is 0.0820. The maximum Gasteiger partial charge on any atom is 0.0746 e. The van der Waals surface area contributed by atoms with Crippen LogP contribution in [0.4, 0.5) is 0 Å². The summed E-state index contributed by atoms with van der Waals surface area (Å²) >= 11 is 0. The monoisotopic (exact) mass is 284 g/mol. The first-order valence-corrected chi connectivity index (χ1v) is 7.99. The number of aliphatic hydroxyl groups is 1. The zero-order valence-corrected chi connectivity index (χ0v) is 12.7. The summed E-state index contributed by atoms with van der Waals surface area (Å²) in [5.74, 6) is 0. The summed E-state index contributed by atoms with van der Waals surface area (Å²) in [6.07, 6.45) is 6.26. The molecule has 1 saturated heterocycles. The molecule has 0 bridgehead atoms. The molecule has 0 radical (unpaired) electrons. The standard InChI is InChI=1S/C18H24N2O/c1-14(21)12-17-9-2-3-11-20(17)13-16-7-4-6-15-8-5-10-19-18(15)16/h4-8,10,14,17,21H,2-3,9,11-13H2,1H3. The van der Waals surface area contributed by atoms with Gasteiger partial charge >= 0.3 is 0 Å². The van der Waals surface area contributed by atoms with Crippen LogP contribution in [0.5, 0.6) is 0 Å². The van der Waals surface area contributed by atoms with E-state index in [1.807, 2.05) is 19.2 Å². The highest BCUT2D eigenvalue weighted by Crippen LogP contribution is 2.25. The molecule has 2 atom stereocenters. The van der Waals surface area contributed by atoms with E-state index < -0.39 is 0 Å². The lowest BCUT2D eigenvalue weighted by Gasteiger charge is -2.36. The van der Waals surface area contributed by atoms with Crippen LogP contribution in [0.25, 0.3) is 10.9 Å². The Morgan fingerprint density at radius 2 is 2.14 bits per heavy atom. The molecule has 0 amide bonds. The molecule has 1 aliphatic heterocycles. The van der Waals surface area contributed by atoms with Crippen LogP contribution in [-0.4, -0.2) is 33.7 Å². The Morgan fingerprint density at radius 3 is 3.00 bits per heavy atom. The Morgan fingerprint density at radius 1 is 1.29 bits per heavy atom. The van der Waals surface area contributed by atoms with Crippen molar-refractivity contribution in [2.24, 2.45) is 0 Å². The zero-order chi connectivity index (χ0) is 14.7. The summed E-state index contributed by atoms with van der Waals surface area (Å²) < 4.78 is 0. The Balaban J connectivity index is 1.82. The summed E-state index contributed by atoms with van der Waals surface area (Å²) in [6.45, 7) is 3.96. The van der Waals surface area contributed by atoms with Crippen molar-refractivity contribution in [3.05, 3.63) is 42.1 Å². The highest BCUT2D eigenvalue weighted by atomic mass is 16.3. The molecule has 2 aromatic rings. The van der Waals surface area contributed by atoms with E-state index >= 15 is 0 Å². The molecule has 2 heterocycles. The summed E-state index contributed by atoms with van der Waals surface area (Å²) in [4.78, 5) is 7.08. The van der Waals surface area contributed by atoms with Gasteiger partial charge in [0.2, 0.25) is 0 Å². The quantitative estimate of drug-likeness (QED) is 0.935. The van der Waals surface area contributed by atoms with Gasteiger partial charge in [0.05, 0.1) is 11.6 Å². The van der Waals surface area contributed by atoms with E-state index in [1.54, 1.807) is 0 Å². The van der Waals surface area contributed by atoms with Crippen molar-refractivity contribution in [1.29, 1.82) is 0 Å². The van der Waals surface area contributed by atoms with Crippen LogP contribution in [0.3, 0.4) is 0 Å². The number of aliphatic hydroxyl groups excluding tert-OH is 1. The molecule has 1 fully saturated rings. The van der Waals surface area contributed by atoms with E-state index in [4.69, 9.17) is 0 Å². The fourth-order valence-electron chi connectivity index (χ4n) is 3.44. The van der Waals surface area contributed by atoms with E-state index in [-0.39, 0.29) is 6.10 Å². The molecule has 1 aliphatic rings. The van der Waals surface area contributed by atoms with Gasteiger partial charge in [-0.25, -0.2) is 0 Å². The predicted octanol–water partition coefficient (Wildman–Crippen LogP) is 3.36. The van der Waals surface area contributed by atoms with Crippen molar-refractivity contribution < 1.29 is 5.11 Å². The molecular formula is C18H24N2O. The number of hydrogen-bond acceptors (Lipinski definition) is 3. The van der Waals surface area contributed by atoms with E-state index in [9.17, 15) is 5.11 Å². The third kappa shape index (κ3) is 3.42. The Kier molecular flexibility index (Phi) is 4.51. The van der Waals surface area contributed by atoms with E-state index in [1.165, 1.54) is 30.2 Å². The van der Waals surface area contributed by atoms with Gasteiger partial charge in [0.25, 0.3) is 0 Å². The highest BCUT2D eigenvalue weighted by Gasteiger charge is 2.24. The molecule has 21 heavy (non-hydrogen) atoms. The Bertz CT molecular complexity index is 591. The number of likely N-dealkylation sites (tertiary alicyclic amines) is 1. The number of aromatic nitrogens is 1. The van der Waals surface area contributed by atoms with Crippen LogP contribution in [-0.2, 0) is 6.54 Å². The largest absolute Gasteiger partial charge is 0.393 e. The summed E-state index contributed by atoms with van der Waals surface area (Å²) in [7, 11) is 0. The van der Waals surface area contributed by atoms with Crippen molar-refractivity contribution >= 4 is 10.9 Å². The smallest absolute Gasteiger partial charge is 0.0746 e. The van der Waals surface area contributed by atoms with Gasteiger partial charge < -0.3 is 5.11 Å². The normalized spacial score (nSPS) is 21.5. The average molecular weight is 284 g/mol. The van der Waals surface area contributed by atoms with Gasteiger partial charge in [-0.15, -0.1) is 0 Å². The molecule has 0 saturated carbocycles. The summed E-state index contributed by atoms with van der Waals surface area (Å²) in [5.41, 5.74) is 2.41. The highest BCUT2D eigenvalue weighted by molar-refractivity contribution is 5.81. The first-order chi connectivity index (χ1) is 10.2. The maximum absolute atomic E-state index is 9.72. The molecule has 0 aliphatic carbocycles. The van der Waals surface area contributed by atoms with Crippen LogP contribution in [0.1, 0.15) is 38.2 Å². The minimum absolute atomic E-state index is 0.221. The topological polar surface area (TPSA) is 36.4 Å². The second-order valence-corrected chi connectivity index (χ2v) is 6.20. The molecular weight excluding hydrogens is 260 g/mol. The molecule has 3 heteroatoms. The molecule has 3 rings (SSSR count). The van der Waals surface area contributed by atoms with Crippen molar-refractivity contribution in [2.75, 3.05) is 6.54 Å². The lowest BCUT2D eigenvalue weighted by Crippen LogP contribution is -2.40. The first kappa shape index (κ1) is 14.5. The maximum atomic E-state index is 9.72. The number of fused-ring (bicyclic) bond motifs is 1. The number of nitrogens with zero attached hydrogens (tertiary/aromatic N) is 2. The van der Waals surface area contributed by atoms with Crippen molar-refractivity contribution in [3.8, 4) is 0 Å². The Hall–Kier alpha value is -1.45. The lowest BCUT2D eigenvalue weighted by atomic mass is 9.96. The number of para-hydroxylation sites is 1. The van der Waals surface area contributed by atoms with Crippen LogP contribution in [0.15, 0.2) is 36.5 Å². The van der Waals surface area contributed by atoms with Gasteiger partial charge in [-0.3, -0.25) is 9.88 Å². The van der Waals surface area contributed by atoms with Gasteiger partial charge in [0.15, 0.2) is 0 Å². The number of benzene rings is 1. The predicted molar refractivity (Wildman–Crippen MR) is 86.1 cm³/mol. The molecule has 0 spiro atoms.